The number of carbonyl (C=O) groups excluding carboxylic acids is 3. The average Bonchev–Trinajstić information content (AvgIpc) is 3.64. The number of nitrogens with one attached hydrogen (secondary N) is 2. The number of nitrogens with zero attached hydrogens (tertiary/aromatic N) is 5. The van der Waals surface area contributed by atoms with Crippen molar-refractivity contribution in [2.45, 2.75) is 32.9 Å². The number of rotatable bonds is 8. The molecule has 11 heteroatoms. The molecule has 0 radical (unpaired) electrons. The van der Waals surface area contributed by atoms with Gasteiger partial charge in [-0.1, -0.05) is 30.3 Å². The molecule has 0 atom stereocenters. The Bertz CT molecular complexity index is 1850. The maximum absolute atomic E-state index is 12.6. The summed E-state index contributed by atoms with van der Waals surface area (Å²) in [6.45, 7) is 6.33. The first-order valence-electron chi connectivity index (χ1n) is 14.6. The minimum absolute atomic E-state index is 0.219. The minimum Gasteiger partial charge on any atom is -0.444 e. The van der Waals surface area contributed by atoms with E-state index in [9.17, 15) is 14.4 Å². The second kappa shape index (κ2) is 12.7. The number of fused-ring (bicyclic) bond motifs is 1. The summed E-state index contributed by atoms with van der Waals surface area (Å²) in [4.78, 5) is 47.1. The van der Waals surface area contributed by atoms with Crippen molar-refractivity contribution in [3.8, 4) is 33.6 Å². The van der Waals surface area contributed by atoms with Crippen molar-refractivity contribution in [2.75, 3.05) is 33.0 Å². The van der Waals surface area contributed by atoms with Gasteiger partial charge in [0.1, 0.15) is 23.2 Å². The Morgan fingerprint density at radius 2 is 1.76 bits per heavy atom. The van der Waals surface area contributed by atoms with E-state index in [2.05, 4.69) is 15.3 Å². The van der Waals surface area contributed by atoms with Gasteiger partial charge in [0.05, 0.1) is 6.54 Å². The molecule has 3 heterocycles. The molecular formula is C34H37N7O4. The number of urea groups is 1. The van der Waals surface area contributed by atoms with Crippen molar-refractivity contribution in [3.05, 3.63) is 78.6 Å². The monoisotopic (exact) mass is 607 g/mol. The van der Waals surface area contributed by atoms with Crippen molar-refractivity contribution >= 4 is 35.1 Å². The van der Waals surface area contributed by atoms with E-state index < -0.39 is 11.7 Å². The zero-order valence-electron chi connectivity index (χ0n) is 26.3. The van der Waals surface area contributed by atoms with Gasteiger partial charge in [-0.05, 0) is 62.2 Å². The van der Waals surface area contributed by atoms with Crippen molar-refractivity contribution in [1.29, 1.82) is 0 Å². The maximum atomic E-state index is 12.6. The number of pyridine rings is 1. The number of likely N-dealkylation sites (N-methyl/N-ethyl adjacent to an activating group) is 1. The summed E-state index contributed by atoms with van der Waals surface area (Å²) in [5.74, 6) is 0. The van der Waals surface area contributed by atoms with E-state index in [1.165, 1.54) is 9.80 Å². The van der Waals surface area contributed by atoms with Gasteiger partial charge < -0.3 is 24.8 Å². The van der Waals surface area contributed by atoms with E-state index >= 15 is 0 Å². The summed E-state index contributed by atoms with van der Waals surface area (Å²) in [5, 5.41) is 8.70. The highest BCUT2D eigenvalue weighted by Gasteiger charge is 2.21. The van der Waals surface area contributed by atoms with E-state index in [1.807, 2.05) is 86.2 Å². The van der Waals surface area contributed by atoms with E-state index in [0.717, 1.165) is 45.3 Å². The molecule has 5 rings (SSSR count). The Morgan fingerprint density at radius 3 is 2.44 bits per heavy atom. The van der Waals surface area contributed by atoms with Crippen LogP contribution in [0.2, 0.25) is 0 Å². The van der Waals surface area contributed by atoms with Crippen LogP contribution in [-0.2, 0) is 11.3 Å². The van der Waals surface area contributed by atoms with Crippen LogP contribution in [0.15, 0.2) is 73.1 Å². The molecule has 0 saturated heterocycles. The first-order valence-corrected chi connectivity index (χ1v) is 14.6. The van der Waals surface area contributed by atoms with Gasteiger partial charge in [0.25, 0.3) is 0 Å². The minimum atomic E-state index is -0.591. The lowest BCUT2D eigenvalue weighted by molar-refractivity contribution is 0.0292. The molecule has 0 fully saturated rings. The summed E-state index contributed by atoms with van der Waals surface area (Å²) < 4.78 is 7.33. The zero-order valence-corrected chi connectivity index (χ0v) is 26.3. The number of aromatic amines is 1. The molecule has 11 nitrogen and oxygen atoms in total. The highest BCUT2D eigenvalue weighted by Crippen LogP contribution is 2.37. The number of benzene rings is 2. The van der Waals surface area contributed by atoms with E-state index in [0.29, 0.717) is 30.0 Å². The predicted octanol–water partition coefficient (Wildman–Crippen LogP) is 6.53. The number of hydrogen-bond acceptors (Lipinski definition) is 6. The van der Waals surface area contributed by atoms with Crippen molar-refractivity contribution < 1.29 is 19.1 Å². The lowest BCUT2D eigenvalue weighted by Crippen LogP contribution is -2.36. The third-order valence-corrected chi connectivity index (χ3v) is 7.10. The Kier molecular flexibility index (Phi) is 8.71. The van der Waals surface area contributed by atoms with Crippen LogP contribution in [-0.4, -0.2) is 81.2 Å². The van der Waals surface area contributed by atoms with Crippen molar-refractivity contribution in [1.82, 2.24) is 29.5 Å². The molecular weight excluding hydrogens is 570 g/mol. The third-order valence-electron chi connectivity index (χ3n) is 7.10. The lowest BCUT2D eigenvalue weighted by Gasteiger charge is -2.24. The molecule has 0 aliphatic carbocycles. The number of H-pyrrole nitrogens is 1. The number of amides is 3. The Labute approximate surface area is 261 Å². The van der Waals surface area contributed by atoms with Crippen molar-refractivity contribution in [2.24, 2.45) is 0 Å². The fourth-order valence-corrected chi connectivity index (χ4v) is 4.77. The molecule has 2 N–H and O–H groups in total. The van der Waals surface area contributed by atoms with Gasteiger partial charge in [0.2, 0.25) is 0 Å². The largest absolute Gasteiger partial charge is 0.444 e. The molecule has 5 aromatic rings. The second-order valence-electron chi connectivity index (χ2n) is 12.0. The van der Waals surface area contributed by atoms with E-state index in [-0.39, 0.29) is 6.03 Å². The van der Waals surface area contributed by atoms with Crippen LogP contribution in [0.3, 0.4) is 0 Å². The van der Waals surface area contributed by atoms with Gasteiger partial charge in [0.15, 0.2) is 0 Å². The van der Waals surface area contributed by atoms with Crippen LogP contribution in [0.25, 0.3) is 44.7 Å². The van der Waals surface area contributed by atoms with Gasteiger partial charge in [0, 0.05) is 73.5 Å². The number of aromatic nitrogens is 4. The first-order chi connectivity index (χ1) is 21.4. The quantitative estimate of drug-likeness (QED) is 0.193. The predicted molar refractivity (Wildman–Crippen MR) is 175 cm³/mol. The molecule has 0 aliphatic heterocycles. The molecule has 45 heavy (non-hydrogen) atoms. The van der Waals surface area contributed by atoms with Gasteiger partial charge >= 0.3 is 12.1 Å². The molecule has 0 bridgehead atoms. The molecule has 0 spiro atoms. The first kappa shape index (κ1) is 31.0. The standard InChI is InChI=1S/C34H37N7O4/c1-34(2,3)45-33(44)40(6)16-17-41-20-28(30(38-41)23-10-12-25(13-11-23)36-32(43)39(4)5)26-14-15-35-31-27(26)19-29(37-31)24-9-7-8-22(18-24)21-42/h7-15,18-21H,16-17H2,1-6H3,(H,35,37)(H,36,43). The van der Waals surface area contributed by atoms with Crippen LogP contribution in [0.1, 0.15) is 31.1 Å². The van der Waals surface area contributed by atoms with Gasteiger partial charge in [-0.3, -0.25) is 9.48 Å². The van der Waals surface area contributed by atoms with Crippen LogP contribution in [0.4, 0.5) is 15.3 Å². The Morgan fingerprint density at radius 1 is 1.00 bits per heavy atom. The highest BCUT2D eigenvalue weighted by molar-refractivity contribution is 5.99. The molecule has 0 unspecified atom stereocenters. The SMILES string of the molecule is CN(C)C(=O)Nc1ccc(-c2nn(CCN(C)C(=O)OC(C)(C)C)cc2-c2ccnc3[nH]c(-c4cccc(C=O)c4)cc23)cc1. The van der Waals surface area contributed by atoms with Crippen LogP contribution < -0.4 is 5.32 Å². The third kappa shape index (κ3) is 7.20. The topological polar surface area (TPSA) is 125 Å². The summed E-state index contributed by atoms with van der Waals surface area (Å²) in [5.41, 5.74) is 6.45. The summed E-state index contributed by atoms with van der Waals surface area (Å²) >= 11 is 0. The Hall–Kier alpha value is -5.45. The summed E-state index contributed by atoms with van der Waals surface area (Å²) in [6, 6.07) is 18.7. The number of aldehydes is 1. The smallest absolute Gasteiger partial charge is 0.410 e. The molecule has 2 aromatic carbocycles. The summed E-state index contributed by atoms with van der Waals surface area (Å²) in [7, 11) is 5.07. The van der Waals surface area contributed by atoms with Gasteiger partial charge in [-0.2, -0.15) is 5.10 Å². The molecule has 232 valence electrons. The number of hydrogen-bond donors (Lipinski definition) is 2. The molecule has 3 amide bonds. The molecule has 0 aliphatic rings. The zero-order chi connectivity index (χ0) is 32.3. The van der Waals surface area contributed by atoms with E-state index in [4.69, 9.17) is 9.84 Å². The normalized spacial score (nSPS) is 11.3. The van der Waals surface area contributed by atoms with Crippen LogP contribution in [0, 0.1) is 0 Å². The van der Waals surface area contributed by atoms with Crippen molar-refractivity contribution in [3.63, 3.8) is 0 Å². The van der Waals surface area contributed by atoms with E-state index in [1.54, 1.807) is 33.4 Å². The molecule has 3 aromatic heterocycles. The second-order valence-corrected chi connectivity index (χ2v) is 12.0. The summed E-state index contributed by atoms with van der Waals surface area (Å²) in [6.07, 6.45) is 4.14. The number of carbonyl (C=O) groups is 3. The maximum Gasteiger partial charge on any atom is 0.410 e. The fraction of sp³-hybridized carbons (Fsp3) is 0.265. The van der Waals surface area contributed by atoms with Crippen LogP contribution >= 0.6 is 0 Å². The van der Waals surface area contributed by atoms with Gasteiger partial charge in [-0.15, -0.1) is 0 Å². The molecule has 0 saturated carbocycles. The Balaban J connectivity index is 1.53. The number of anilines is 1. The van der Waals surface area contributed by atoms with Gasteiger partial charge in [-0.25, -0.2) is 14.6 Å². The fourth-order valence-electron chi connectivity index (χ4n) is 4.77. The lowest BCUT2D eigenvalue weighted by atomic mass is 10.00. The average molecular weight is 608 g/mol. The highest BCUT2D eigenvalue weighted by atomic mass is 16.6. The van der Waals surface area contributed by atoms with Crippen LogP contribution in [0.5, 0.6) is 0 Å². The number of ether oxygens (including phenoxy) is 1.